The van der Waals surface area contributed by atoms with Crippen LogP contribution in [0.1, 0.15) is 181 Å². The molecule has 4 nitrogen and oxygen atoms in total. The molecule has 0 aliphatic carbocycles. The summed E-state index contributed by atoms with van der Waals surface area (Å²) in [6, 6.07) is 0. The molecule has 0 fully saturated rings. The highest BCUT2D eigenvalue weighted by Gasteiger charge is 1.95. The van der Waals surface area contributed by atoms with Crippen molar-refractivity contribution >= 4 is 23.9 Å². The fourth-order valence-electron chi connectivity index (χ4n) is 4.55. The van der Waals surface area contributed by atoms with E-state index in [0.717, 1.165) is 11.5 Å². The van der Waals surface area contributed by atoms with Crippen molar-refractivity contribution in [2.24, 2.45) is 0 Å². The van der Waals surface area contributed by atoms with Crippen LogP contribution < -0.4 is 9.44 Å². The lowest BCUT2D eigenvalue weighted by molar-refractivity contribution is 0.543. The molecule has 0 rings (SSSR count). The van der Waals surface area contributed by atoms with Crippen LogP contribution in [0.25, 0.3) is 0 Å². The predicted octanol–water partition coefficient (Wildman–Crippen LogP) is 11.6. The maximum atomic E-state index is 8.29. The molecule has 224 valence electrons. The first-order valence-corrected chi connectivity index (χ1v) is 18.3. The number of nitriles is 2. The zero-order chi connectivity index (χ0) is 28.0. The molecular formula is C32H64N4S2. The summed E-state index contributed by atoms with van der Waals surface area (Å²) >= 11 is 3.05. The van der Waals surface area contributed by atoms with Crippen molar-refractivity contribution in [2.75, 3.05) is 11.5 Å². The van der Waals surface area contributed by atoms with Gasteiger partial charge in [0.05, 0.1) is 0 Å². The molecular weight excluding hydrogens is 505 g/mol. The molecule has 0 spiro atoms. The smallest absolute Gasteiger partial charge is 0.187 e. The lowest BCUT2D eigenvalue weighted by Gasteiger charge is -2.02. The predicted molar refractivity (Wildman–Crippen MR) is 174 cm³/mol. The third kappa shape index (κ3) is 42.4. The average Bonchev–Trinajstić information content (AvgIpc) is 2.93. The van der Waals surface area contributed by atoms with Crippen LogP contribution in [0.5, 0.6) is 0 Å². The van der Waals surface area contributed by atoms with E-state index in [2.05, 4.69) is 23.3 Å². The van der Waals surface area contributed by atoms with Gasteiger partial charge in [0.2, 0.25) is 0 Å². The molecule has 0 aliphatic rings. The van der Waals surface area contributed by atoms with Gasteiger partial charge in [0.25, 0.3) is 0 Å². The van der Waals surface area contributed by atoms with Gasteiger partial charge in [-0.1, -0.05) is 168 Å². The van der Waals surface area contributed by atoms with Gasteiger partial charge >= 0.3 is 0 Å². The van der Waals surface area contributed by atoms with Crippen molar-refractivity contribution in [2.45, 2.75) is 181 Å². The van der Waals surface area contributed by atoms with E-state index in [1.165, 1.54) is 191 Å². The Kier molecular flexibility index (Phi) is 42.3. The molecule has 0 bridgehead atoms. The maximum Gasteiger partial charge on any atom is 0.187 e. The van der Waals surface area contributed by atoms with Crippen molar-refractivity contribution in [1.82, 2.24) is 9.44 Å². The Morgan fingerprint density at radius 2 is 0.579 bits per heavy atom. The van der Waals surface area contributed by atoms with Crippen LogP contribution in [0.3, 0.4) is 0 Å². The standard InChI is InChI=1S/2C16H32N2S/c2*1-2-3-4-5-6-7-8-9-10-11-12-13-14-15-19-18-16-17/h2*18H,2-15H2,1H3. The van der Waals surface area contributed by atoms with Crippen LogP contribution in [-0.4, -0.2) is 11.5 Å². The largest absolute Gasteiger partial charge is 0.267 e. The van der Waals surface area contributed by atoms with Crippen LogP contribution in [0, 0.1) is 22.9 Å². The second-order valence-electron chi connectivity index (χ2n) is 10.6. The van der Waals surface area contributed by atoms with Gasteiger partial charge in [-0.15, -0.1) is 0 Å². The van der Waals surface area contributed by atoms with E-state index < -0.39 is 0 Å². The number of nitrogens with one attached hydrogen (secondary N) is 2. The average molecular weight is 569 g/mol. The van der Waals surface area contributed by atoms with Crippen LogP contribution in [0.2, 0.25) is 0 Å². The highest BCUT2D eigenvalue weighted by atomic mass is 32.2. The van der Waals surface area contributed by atoms with Gasteiger partial charge in [0, 0.05) is 11.5 Å². The molecule has 0 radical (unpaired) electrons. The topological polar surface area (TPSA) is 71.6 Å². The Balaban J connectivity index is 0. The molecule has 38 heavy (non-hydrogen) atoms. The normalized spacial score (nSPS) is 10.3. The van der Waals surface area contributed by atoms with Crippen LogP contribution in [0.15, 0.2) is 0 Å². The van der Waals surface area contributed by atoms with Crippen LogP contribution in [-0.2, 0) is 0 Å². The SMILES string of the molecule is CCCCCCCCCCCCCCCSNC#N.CCCCCCCCCCCCCCCSNC#N. The summed E-state index contributed by atoms with van der Waals surface area (Å²) < 4.78 is 5.23. The van der Waals surface area contributed by atoms with Gasteiger partial charge in [-0.2, -0.15) is 10.5 Å². The summed E-state index contributed by atoms with van der Waals surface area (Å²) in [5, 5.41) is 16.6. The molecule has 0 amide bonds. The minimum absolute atomic E-state index is 1.06. The quantitative estimate of drug-likeness (QED) is 0.0388. The summed E-state index contributed by atoms with van der Waals surface area (Å²) in [6.45, 7) is 4.55. The first-order chi connectivity index (χ1) is 18.8. The van der Waals surface area contributed by atoms with Crippen LogP contribution >= 0.6 is 23.9 Å². The molecule has 0 saturated carbocycles. The summed E-state index contributed by atoms with van der Waals surface area (Å²) in [7, 11) is 0. The van der Waals surface area contributed by atoms with E-state index in [4.69, 9.17) is 10.5 Å². The zero-order valence-corrected chi connectivity index (χ0v) is 27.1. The maximum absolute atomic E-state index is 8.29. The Hall–Kier alpha value is -0.720. The van der Waals surface area contributed by atoms with E-state index in [9.17, 15) is 0 Å². The number of hydrogen-bond acceptors (Lipinski definition) is 6. The molecule has 0 atom stereocenters. The first-order valence-electron chi connectivity index (χ1n) is 16.3. The van der Waals surface area contributed by atoms with E-state index in [1.54, 1.807) is 0 Å². The first kappa shape index (κ1) is 39.4. The van der Waals surface area contributed by atoms with Gasteiger partial charge in [0.1, 0.15) is 0 Å². The summed E-state index contributed by atoms with van der Waals surface area (Å²) in [5.41, 5.74) is 0. The van der Waals surface area contributed by atoms with Crippen molar-refractivity contribution in [3.05, 3.63) is 0 Å². The molecule has 0 aromatic carbocycles. The van der Waals surface area contributed by atoms with Crippen molar-refractivity contribution in [1.29, 1.82) is 10.5 Å². The highest BCUT2D eigenvalue weighted by molar-refractivity contribution is 7.97. The van der Waals surface area contributed by atoms with Gasteiger partial charge in [-0.05, 0) is 36.7 Å². The fourth-order valence-corrected chi connectivity index (χ4v) is 5.58. The molecule has 2 N–H and O–H groups in total. The molecule has 0 aromatic heterocycles. The molecule has 0 aromatic rings. The van der Waals surface area contributed by atoms with Gasteiger partial charge < -0.3 is 0 Å². The summed E-state index contributed by atoms with van der Waals surface area (Å²) in [4.78, 5) is 0. The highest BCUT2D eigenvalue weighted by Crippen LogP contribution is 2.14. The Bertz CT molecular complexity index is 447. The van der Waals surface area contributed by atoms with Crippen molar-refractivity contribution in [3.63, 3.8) is 0 Å². The Labute approximate surface area is 247 Å². The summed E-state index contributed by atoms with van der Waals surface area (Å²) in [5.74, 6) is 2.12. The third-order valence-electron chi connectivity index (χ3n) is 6.94. The van der Waals surface area contributed by atoms with E-state index >= 15 is 0 Å². The van der Waals surface area contributed by atoms with Gasteiger partial charge in [-0.3, -0.25) is 9.44 Å². The lowest BCUT2D eigenvalue weighted by Crippen LogP contribution is -1.93. The molecule has 0 saturated heterocycles. The van der Waals surface area contributed by atoms with Crippen LogP contribution in [0.4, 0.5) is 0 Å². The number of unbranched alkanes of at least 4 members (excludes halogenated alkanes) is 24. The van der Waals surface area contributed by atoms with E-state index in [0.29, 0.717) is 0 Å². The van der Waals surface area contributed by atoms with E-state index in [1.807, 2.05) is 12.4 Å². The minimum atomic E-state index is 1.06. The second-order valence-corrected chi connectivity index (χ2v) is 12.4. The molecule has 6 heteroatoms. The molecule has 0 unspecified atom stereocenters. The lowest BCUT2D eigenvalue weighted by atomic mass is 10.1. The molecule has 0 aliphatic heterocycles. The fraction of sp³-hybridized carbons (Fsp3) is 0.938. The third-order valence-corrected chi connectivity index (χ3v) is 8.39. The van der Waals surface area contributed by atoms with Crippen molar-refractivity contribution in [3.8, 4) is 12.4 Å². The number of nitrogens with zero attached hydrogens (tertiary/aromatic N) is 2. The molecule has 0 heterocycles. The monoisotopic (exact) mass is 568 g/mol. The second kappa shape index (κ2) is 40.8. The number of rotatable bonds is 30. The van der Waals surface area contributed by atoms with E-state index in [-0.39, 0.29) is 0 Å². The number of hydrogen-bond donors (Lipinski definition) is 2. The Morgan fingerprint density at radius 1 is 0.368 bits per heavy atom. The van der Waals surface area contributed by atoms with Crippen molar-refractivity contribution < 1.29 is 0 Å². The Morgan fingerprint density at radius 3 is 0.789 bits per heavy atom. The van der Waals surface area contributed by atoms with Gasteiger partial charge in [0.15, 0.2) is 12.4 Å². The summed E-state index contributed by atoms with van der Waals surface area (Å²) in [6.07, 6.45) is 40.1. The zero-order valence-electron chi connectivity index (χ0n) is 25.5. The minimum Gasteiger partial charge on any atom is -0.267 e. The van der Waals surface area contributed by atoms with Gasteiger partial charge in [-0.25, -0.2) is 0 Å².